The van der Waals surface area contributed by atoms with Crippen molar-refractivity contribution in [2.75, 3.05) is 26.3 Å². The van der Waals surface area contributed by atoms with Gasteiger partial charge in [0.25, 0.3) is 5.91 Å². The van der Waals surface area contributed by atoms with Gasteiger partial charge in [0.2, 0.25) is 0 Å². The van der Waals surface area contributed by atoms with Crippen LogP contribution in [0.4, 0.5) is 0 Å². The Morgan fingerprint density at radius 3 is 2.61 bits per heavy atom. The largest absolute Gasteiger partial charge is 0.347 e. The average Bonchev–Trinajstić information content (AvgIpc) is 2.99. The number of carbonyl (C=O) groups excluding carboxylic acids is 1. The Morgan fingerprint density at radius 2 is 2.06 bits per heavy atom. The molecule has 1 N–H and O–H groups in total. The van der Waals surface area contributed by atoms with Crippen LogP contribution in [0.15, 0.2) is 6.20 Å². The normalized spacial score (nSPS) is 22.6. The molecule has 6 nitrogen and oxygen atoms in total. The van der Waals surface area contributed by atoms with E-state index in [2.05, 4.69) is 10.2 Å². The van der Waals surface area contributed by atoms with E-state index in [4.69, 9.17) is 9.47 Å². The van der Waals surface area contributed by atoms with E-state index in [1.54, 1.807) is 6.20 Å². The lowest BCUT2D eigenvalue weighted by Gasteiger charge is -2.37. The average molecular weight is 251 g/mol. The van der Waals surface area contributed by atoms with Gasteiger partial charge < -0.3 is 14.4 Å². The minimum absolute atomic E-state index is 0.0119. The van der Waals surface area contributed by atoms with Crippen LogP contribution in [0.25, 0.3) is 0 Å². The van der Waals surface area contributed by atoms with Gasteiger partial charge in [-0.2, -0.15) is 5.10 Å². The van der Waals surface area contributed by atoms with E-state index in [1.165, 1.54) is 0 Å². The van der Waals surface area contributed by atoms with Gasteiger partial charge in [-0.25, -0.2) is 0 Å². The molecule has 0 radical (unpaired) electrons. The van der Waals surface area contributed by atoms with Gasteiger partial charge in [-0.15, -0.1) is 0 Å². The molecule has 1 amide bonds. The summed E-state index contributed by atoms with van der Waals surface area (Å²) in [6.45, 7) is 4.53. The van der Waals surface area contributed by atoms with Gasteiger partial charge in [0, 0.05) is 25.9 Å². The maximum Gasteiger partial charge on any atom is 0.272 e. The van der Waals surface area contributed by atoms with Gasteiger partial charge in [-0.1, -0.05) is 0 Å². The third kappa shape index (κ3) is 1.91. The molecule has 0 unspecified atom stereocenters. The molecule has 2 aliphatic rings. The van der Waals surface area contributed by atoms with Gasteiger partial charge in [0.05, 0.1) is 19.4 Å². The van der Waals surface area contributed by atoms with Crippen molar-refractivity contribution in [2.24, 2.45) is 0 Å². The summed E-state index contributed by atoms with van der Waals surface area (Å²) in [5.74, 6) is -0.419. The summed E-state index contributed by atoms with van der Waals surface area (Å²) in [4.78, 5) is 14.1. The van der Waals surface area contributed by atoms with Crippen LogP contribution in [0.1, 0.15) is 28.9 Å². The second-order valence-electron chi connectivity index (χ2n) is 4.83. The monoisotopic (exact) mass is 251 g/mol. The molecule has 1 aromatic rings. The molecule has 2 fully saturated rings. The Hall–Kier alpha value is -1.40. The first-order valence-corrected chi connectivity index (χ1v) is 6.27. The number of rotatable bonds is 1. The second kappa shape index (κ2) is 4.37. The molecule has 2 saturated heterocycles. The number of ether oxygens (including phenoxy) is 2. The quantitative estimate of drug-likeness (QED) is 0.797. The van der Waals surface area contributed by atoms with Crippen LogP contribution in [0.5, 0.6) is 0 Å². The number of amides is 1. The summed E-state index contributed by atoms with van der Waals surface area (Å²) < 4.78 is 11.3. The van der Waals surface area contributed by atoms with E-state index in [1.807, 2.05) is 11.8 Å². The first-order chi connectivity index (χ1) is 8.70. The van der Waals surface area contributed by atoms with Gasteiger partial charge in [0.1, 0.15) is 5.69 Å². The Kier molecular flexibility index (Phi) is 2.83. The number of piperidine rings is 1. The minimum Gasteiger partial charge on any atom is -0.347 e. The number of hydrogen-bond acceptors (Lipinski definition) is 4. The standard InChI is InChI=1S/C12H17N3O3/c1-9-8-13-14-10(9)11(16)15-4-2-12(3-5-15)17-6-7-18-12/h8H,2-7H2,1H3,(H,13,14). The van der Waals surface area contributed by atoms with Crippen molar-refractivity contribution in [1.82, 2.24) is 15.1 Å². The summed E-state index contributed by atoms with van der Waals surface area (Å²) in [6, 6.07) is 0. The third-order valence-corrected chi connectivity index (χ3v) is 3.67. The highest BCUT2D eigenvalue weighted by molar-refractivity contribution is 5.93. The zero-order valence-corrected chi connectivity index (χ0v) is 10.4. The van der Waals surface area contributed by atoms with Crippen molar-refractivity contribution in [1.29, 1.82) is 0 Å². The van der Waals surface area contributed by atoms with E-state index in [0.717, 1.165) is 18.4 Å². The van der Waals surface area contributed by atoms with Crippen LogP contribution in [-0.4, -0.2) is 53.1 Å². The van der Waals surface area contributed by atoms with Crippen LogP contribution < -0.4 is 0 Å². The first-order valence-electron chi connectivity index (χ1n) is 6.27. The summed E-state index contributed by atoms with van der Waals surface area (Å²) in [5, 5.41) is 6.65. The maximum absolute atomic E-state index is 12.3. The van der Waals surface area contributed by atoms with E-state index in [9.17, 15) is 4.79 Å². The second-order valence-corrected chi connectivity index (χ2v) is 4.83. The first kappa shape index (κ1) is 11.7. The van der Waals surface area contributed by atoms with E-state index in [0.29, 0.717) is 32.0 Å². The number of likely N-dealkylation sites (tertiary alicyclic amines) is 1. The molecule has 3 heterocycles. The van der Waals surface area contributed by atoms with Crippen molar-refractivity contribution in [3.8, 4) is 0 Å². The summed E-state index contributed by atoms with van der Waals surface area (Å²) in [7, 11) is 0. The molecule has 0 atom stereocenters. The fourth-order valence-electron chi connectivity index (χ4n) is 2.56. The number of aromatic nitrogens is 2. The number of nitrogens with zero attached hydrogens (tertiary/aromatic N) is 2. The van der Waals surface area contributed by atoms with Crippen LogP contribution in [0.2, 0.25) is 0 Å². The Labute approximate surface area is 105 Å². The molecule has 3 rings (SSSR count). The lowest BCUT2D eigenvalue weighted by atomic mass is 10.0. The van der Waals surface area contributed by atoms with Crippen LogP contribution in [0, 0.1) is 6.92 Å². The summed E-state index contributed by atoms with van der Waals surface area (Å²) >= 11 is 0. The van der Waals surface area contributed by atoms with Crippen LogP contribution in [-0.2, 0) is 9.47 Å². The maximum atomic E-state index is 12.3. The summed E-state index contributed by atoms with van der Waals surface area (Å²) in [5.41, 5.74) is 1.47. The van der Waals surface area contributed by atoms with Gasteiger partial charge >= 0.3 is 0 Å². The van der Waals surface area contributed by atoms with Crippen molar-refractivity contribution in [3.05, 3.63) is 17.5 Å². The van der Waals surface area contributed by atoms with Crippen LogP contribution >= 0.6 is 0 Å². The molecule has 0 aliphatic carbocycles. The predicted octanol–water partition coefficient (Wildman–Crippen LogP) is 0.697. The van der Waals surface area contributed by atoms with Gasteiger partial charge in [-0.3, -0.25) is 9.89 Å². The lowest BCUT2D eigenvalue weighted by Crippen LogP contribution is -2.47. The SMILES string of the molecule is Cc1cn[nH]c1C(=O)N1CCC2(CC1)OCCO2. The molecule has 0 saturated carbocycles. The van der Waals surface area contributed by atoms with Gasteiger partial charge in [-0.05, 0) is 12.5 Å². The third-order valence-electron chi connectivity index (χ3n) is 3.67. The molecular weight excluding hydrogens is 234 g/mol. The number of nitrogens with one attached hydrogen (secondary N) is 1. The molecule has 0 bridgehead atoms. The predicted molar refractivity (Wildman–Crippen MR) is 63.1 cm³/mol. The van der Waals surface area contributed by atoms with Crippen molar-refractivity contribution in [3.63, 3.8) is 0 Å². The minimum atomic E-state index is -0.431. The highest BCUT2D eigenvalue weighted by Crippen LogP contribution is 2.31. The molecule has 2 aliphatic heterocycles. The van der Waals surface area contributed by atoms with Crippen molar-refractivity contribution >= 4 is 5.91 Å². The lowest BCUT2D eigenvalue weighted by molar-refractivity contribution is -0.181. The Morgan fingerprint density at radius 1 is 1.39 bits per heavy atom. The zero-order chi connectivity index (χ0) is 12.6. The Bertz CT molecular complexity index is 441. The number of aromatic amines is 1. The molecule has 0 aromatic carbocycles. The van der Waals surface area contributed by atoms with E-state index < -0.39 is 5.79 Å². The zero-order valence-electron chi connectivity index (χ0n) is 10.4. The number of hydrogen-bond donors (Lipinski definition) is 1. The molecule has 18 heavy (non-hydrogen) atoms. The molecule has 1 spiro atoms. The van der Waals surface area contributed by atoms with Crippen molar-refractivity contribution in [2.45, 2.75) is 25.6 Å². The topological polar surface area (TPSA) is 67.5 Å². The molecule has 98 valence electrons. The van der Waals surface area contributed by atoms with Gasteiger partial charge in [0.15, 0.2) is 5.79 Å². The summed E-state index contributed by atoms with van der Waals surface area (Å²) in [6.07, 6.45) is 3.15. The van der Waals surface area contributed by atoms with Crippen molar-refractivity contribution < 1.29 is 14.3 Å². The molecular formula is C12H17N3O3. The highest BCUT2D eigenvalue weighted by Gasteiger charge is 2.41. The number of H-pyrrole nitrogens is 1. The Balaban J connectivity index is 1.66. The highest BCUT2D eigenvalue weighted by atomic mass is 16.7. The van der Waals surface area contributed by atoms with E-state index >= 15 is 0 Å². The van der Waals surface area contributed by atoms with E-state index in [-0.39, 0.29) is 5.91 Å². The smallest absolute Gasteiger partial charge is 0.272 e. The fourth-order valence-corrected chi connectivity index (χ4v) is 2.56. The fraction of sp³-hybridized carbons (Fsp3) is 0.667. The molecule has 1 aromatic heterocycles. The number of carbonyl (C=O) groups is 1. The van der Waals surface area contributed by atoms with Crippen LogP contribution in [0.3, 0.4) is 0 Å². The molecule has 6 heteroatoms. The number of aryl methyl sites for hydroxylation is 1.